The summed E-state index contributed by atoms with van der Waals surface area (Å²) in [7, 11) is 0. The molecule has 94 valence electrons. The Hall–Kier alpha value is -1.91. The number of aromatic amines is 1. The van der Waals surface area contributed by atoms with Crippen molar-refractivity contribution in [1.82, 2.24) is 19.7 Å². The maximum atomic E-state index is 11.6. The van der Waals surface area contributed by atoms with Crippen LogP contribution >= 0.6 is 0 Å². The fraction of sp³-hybridized carbons (Fsp3) is 0.462. The van der Waals surface area contributed by atoms with Gasteiger partial charge >= 0.3 is 0 Å². The molecule has 0 amide bonds. The third-order valence-electron chi connectivity index (χ3n) is 3.12. The van der Waals surface area contributed by atoms with Gasteiger partial charge in [-0.25, -0.2) is 4.98 Å². The van der Waals surface area contributed by atoms with Crippen molar-refractivity contribution < 1.29 is 0 Å². The molecule has 0 saturated heterocycles. The van der Waals surface area contributed by atoms with Crippen molar-refractivity contribution in [2.75, 3.05) is 0 Å². The molecule has 2 heterocycles. The van der Waals surface area contributed by atoms with Crippen LogP contribution in [0.15, 0.2) is 23.3 Å². The highest BCUT2D eigenvalue weighted by molar-refractivity contribution is 5.52. The molecule has 0 aromatic carbocycles. The van der Waals surface area contributed by atoms with Crippen LogP contribution in [0.2, 0.25) is 0 Å². The van der Waals surface area contributed by atoms with Crippen LogP contribution in [0.5, 0.6) is 0 Å². The predicted molar refractivity (Wildman–Crippen MR) is 68.3 cm³/mol. The van der Waals surface area contributed by atoms with Crippen molar-refractivity contribution in [2.24, 2.45) is 0 Å². The molecule has 0 radical (unpaired) electrons. The largest absolute Gasteiger partial charge is 0.306 e. The van der Waals surface area contributed by atoms with Gasteiger partial charge in [0.05, 0.1) is 17.5 Å². The Morgan fingerprint density at radius 2 is 2.33 bits per heavy atom. The second-order valence-corrected chi connectivity index (χ2v) is 4.79. The highest BCUT2D eigenvalue weighted by Gasteiger charge is 2.26. The lowest BCUT2D eigenvalue weighted by molar-refractivity contribution is 0.603. The molecular weight excluding hydrogens is 228 g/mol. The van der Waals surface area contributed by atoms with E-state index in [-0.39, 0.29) is 5.56 Å². The third-order valence-corrected chi connectivity index (χ3v) is 3.12. The first-order chi connectivity index (χ1) is 8.76. The van der Waals surface area contributed by atoms with Gasteiger partial charge in [0, 0.05) is 24.7 Å². The van der Waals surface area contributed by atoms with Crippen LogP contribution in [0.4, 0.5) is 0 Å². The van der Waals surface area contributed by atoms with Crippen LogP contribution in [0.1, 0.15) is 37.8 Å². The van der Waals surface area contributed by atoms with Crippen LogP contribution in [-0.4, -0.2) is 19.7 Å². The van der Waals surface area contributed by atoms with Gasteiger partial charge in [0.25, 0.3) is 5.56 Å². The highest BCUT2D eigenvalue weighted by Crippen LogP contribution is 2.38. The van der Waals surface area contributed by atoms with Gasteiger partial charge in [0.15, 0.2) is 0 Å². The zero-order chi connectivity index (χ0) is 12.5. The Morgan fingerprint density at radius 3 is 3.06 bits per heavy atom. The van der Waals surface area contributed by atoms with Crippen LogP contribution in [0.3, 0.4) is 0 Å². The Morgan fingerprint density at radius 1 is 1.50 bits per heavy atom. The number of aryl methyl sites for hydroxylation is 1. The first kappa shape index (κ1) is 11.2. The zero-order valence-corrected chi connectivity index (χ0v) is 10.4. The summed E-state index contributed by atoms with van der Waals surface area (Å²) < 4.78 is 1.87. The van der Waals surface area contributed by atoms with Crippen LogP contribution in [-0.2, 0) is 6.54 Å². The SMILES string of the molecule is CCCn1cc(-c2nc(C3CC3)cc(=O)[nH]2)cn1. The molecule has 1 aliphatic rings. The van der Waals surface area contributed by atoms with E-state index in [0.717, 1.165) is 37.1 Å². The first-order valence-electron chi connectivity index (χ1n) is 6.40. The van der Waals surface area contributed by atoms with E-state index in [0.29, 0.717) is 11.7 Å². The highest BCUT2D eigenvalue weighted by atomic mass is 16.1. The molecule has 5 nitrogen and oxygen atoms in total. The van der Waals surface area contributed by atoms with Crippen LogP contribution < -0.4 is 5.56 Å². The van der Waals surface area contributed by atoms with Crippen molar-refractivity contribution in [1.29, 1.82) is 0 Å². The Kier molecular flexibility index (Phi) is 2.74. The lowest BCUT2D eigenvalue weighted by Gasteiger charge is -2.00. The van der Waals surface area contributed by atoms with E-state index in [9.17, 15) is 4.79 Å². The van der Waals surface area contributed by atoms with Gasteiger partial charge in [-0.1, -0.05) is 6.92 Å². The molecule has 18 heavy (non-hydrogen) atoms. The number of hydrogen-bond acceptors (Lipinski definition) is 3. The van der Waals surface area contributed by atoms with E-state index in [1.165, 1.54) is 0 Å². The summed E-state index contributed by atoms with van der Waals surface area (Å²) in [6.45, 7) is 2.99. The molecule has 0 aliphatic heterocycles. The molecule has 1 aliphatic carbocycles. The number of rotatable bonds is 4. The molecule has 0 atom stereocenters. The number of aromatic nitrogens is 4. The number of nitrogens with one attached hydrogen (secondary N) is 1. The summed E-state index contributed by atoms with van der Waals surface area (Å²) in [6.07, 6.45) is 7.01. The summed E-state index contributed by atoms with van der Waals surface area (Å²) in [5.74, 6) is 1.11. The lowest BCUT2D eigenvalue weighted by atomic mass is 10.2. The average Bonchev–Trinajstić information content (AvgIpc) is 3.10. The lowest BCUT2D eigenvalue weighted by Crippen LogP contribution is -2.09. The quantitative estimate of drug-likeness (QED) is 0.893. The fourth-order valence-corrected chi connectivity index (χ4v) is 2.04. The molecule has 5 heteroatoms. The summed E-state index contributed by atoms with van der Waals surface area (Å²) in [5, 5.41) is 4.26. The zero-order valence-electron chi connectivity index (χ0n) is 10.4. The van der Waals surface area contributed by atoms with E-state index >= 15 is 0 Å². The molecule has 2 aromatic rings. The Labute approximate surface area is 105 Å². The maximum Gasteiger partial charge on any atom is 0.251 e. The van der Waals surface area contributed by atoms with Crippen molar-refractivity contribution in [3.8, 4) is 11.4 Å². The second kappa shape index (κ2) is 4.40. The van der Waals surface area contributed by atoms with Gasteiger partial charge in [-0.05, 0) is 19.3 Å². The van der Waals surface area contributed by atoms with Crippen molar-refractivity contribution in [3.05, 3.63) is 34.5 Å². The standard InChI is InChI=1S/C13H16N4O/c1-2-5-17-8-10(7-14-17)13-15-11(9-3-4-9)6-12(18)16-13/h6-9H,2-5H2,1H3,(H,15,16,18). The summed E-state index contributed by atoms with van der Waals surface area (Å²) >= 11 is 0. The van der Waals surface area contributed by atoms with E-state index in [4.69, 9.17) is 0 Å². The van der Waals surface area contributed by atoms with Crippen molar-refractivity contribution in [2.45, 2.75) is 38.6 Å². The molecule has 0 spiro atoms. The molecule has 0 bridgehead atoms. The molecule has 1 saturated carbocycles. The van der Waals surface area contributed by atoms with Crippen LogP contribution in [0.25, 0.3) is 11.4 Å². The normalized spacial score (nSPS) is 14.9. The van der Waals surface area contributed by atoms with E-state index in [2.05, 4.69) is 22.0 Å². The minimum Gasteiger partial charge on any atom is -0.306 e. The smallest absolute Gasteiger partial charge is 0.251 e. The van der Waals surface area contributed by atoms with Gasteiger partial charge < -0.3 is 4.98 Å². The topological polar surface area (TPSA) is 63.6 Å². The van der Waals surface area contributed by atoms with Crippen molar-refractivity contribution >= 4 is 0 Å². The molecular formula is C13H16N4O. The van der Waals surface area contributed by atoms with E-state index < -0.39 is 0 Å². The van der Waals surface area contributed by atoms with Gasteiger partial charge in [-0.3, -0.25) is 9.48 Å². The summed E-state index contributed by atoms with van der Waals surface area (Å²) in [6, 6.07) is 1.61. The maximum absolute atomic E-state index is 11.6. The number of hydrogen-bond donors (Lipinski definition) is 1. The minimum absolute atomic E-state index is 0.0786. The Bertz CT molecular complexity index is 609. The molecule has 2 aromatic heterocycles. The summed E-state index contributed by atoms with van der Waals surface area (Å²) in [4.78, 5) is 18.9. The van der Waals surface area contributed by atoms with E-state index in [1.807, 2.05) is 10.9 Å². The van der Waals surface area contributed by atoms with Gasteiger partial charge in [-0.2, -0.15) is 5.10 Å². The first-order valence-corrected chi connectivity index (χ1v) is 6.40. The van der Waals surface area contributed by atoms with Crippen molar-refractivity contribution in [3.63, 3.8) is 0 Å². The van der Waals surface area contributed by atoms with E-state index in [1.54, 1.807) is 12.3 Å². The molecule has 1 fully saturated rings. The van der Waals surface area contributed by atoms with Gasteiger partial charge in [0.2, 0.25) is 0 Å². The number of nitrogens with zero attached hydrogens (tertiary/aromatic N) is 3. The molecule has 1 N–H and O–H groups in total. The second-order valence-electron chi connectivity index (χ2n) is 4.79. The van der Waals surface area contributed by atoms with Gasteiger partial charge in [-0.15, -0.1) is 0 Å². The molecule has 3 rings (SSSR count). The third kappa shape index (κ3) is 2.20. The monoisotopic (exact) mass is 244 g/mol. The average molecular weight is 244 g/mol. The summed E-state index contributed by atoms with van der Waals surface area (Å²) in [5.41, 5.74) is 1.71. The van der Waals surface area contributed by atoms with Gasteiger partial charge in [0.1, 0.15) is 5.82 Å². The Balaban J connectivity index is 1.96. The minimum atomic E-state index is -0.0786. The predicted octanol–water partition coefficient (Wildman–Crippen LogP) is 1.92. The van der Waals surface area contributed by atoms with Crippen LogP contribution in [0, 0.1) is 0 Å². The molecule has 0 unspecified atom stereocenters. The fourth-order valence-electron chi connectivity index (χ4n) is 2.04. The number of H-pyrrole nitrogens is 1.